The molecule has 1 aromatic heterocycles. The second-order valence-electron chi connectivity index (χ2n) is 3.86. The zero-order valence-electron chi connectivity index (χ0n) is 10.5. The van der Waals surface area contributed by atoms with Gasteiger partial charge in [-0.1, -0.05) is 18.2 Å². The summed E-state index contributed by atoms with van der Waals surface area (Å²) in [5.41, 5.74) is 2.17. The molecule has 0 unspecified atom stereocenters. The van der Waals surface area contributed by atoms with Gasteiger partial charge in [-0.05, 0) is 29.3 Å². The number of hydrogen-bond donors (Lipinski definition) is 0. The van der Waals surface area contributed by atoms with E-state index in [1.165, 1.54) is 0 Å². The highest BCUT2D eigenvalue weighted by Gasteiger charge is 1.98. The summed E-state index contributed by atoms with van der Waals surface area (Å²) in [5, 5.41) is 0. The van der Waals surface area contributed by atoms with E-state index in [9.17, 15) is 4.79 Å². The number of ether oxygens (including phenoxy) is 2. The molecule has 0 aliphatic heterocycles. The lowest BCUT2D eigenvalue weighted by Gasteiger charge is -2.07. The van der Waals surface area contributed by atoms with Gasteiger partial charge in [-0.2, -0.15) is 0 Å². The van der Waals surface area contributed by atoms with E-state index in [2.05, 4.69) is 4.98 Å². The average molecular weight is 257 g/mol. The molecule has 4 nitrogen and oxygen atoms in total. The van der Waals surface area contributed by atoms with Crippen molar-refractivity contribution >= 4 is 6.29 Å². The van der Waals surface area contributed by atoms with Crippen LogP contribution >= 0.6 is 0 Å². The van der Waals surface area contributed by atoms with Crippen molar-refractivity contribution in [2.24, 2.45) is 0 Å². The van der Waals surface area contributed by atoms with Crippen LogP contribution in [-0.2, 0) is 9.53 Å². The van der Waals surface area contributed by atoms with Crippen LogP contribution in [0.15, 0.2) is 48.8 Å². The SMILES string of the molecule is O=CCOCCOc1ccc(-c2cccnc2)cc1. The first-order valence-electron chi connectivity index (χ1n) is 6.05. The van der Waals surface area contributed by atoms with E-state index in [1.807, 2.05) is 42.6 Å². The second-order valence-corrected chi connectivity index (χ2v) is 3.86. The van der Waals surface area contributed by atoms with Gasteiger partial charge in [-0.3, -0.25) is 4.98 Å². The van der Waals surface area contributed by atoms with Crippen molar-refractivity contribution in [3.63, 3.8) is 0 Å². The van der Waals surface area contributed by atoms with Crippen LogP contribution in [0.1, 0.15) is 0 Å². The van der Waals surface area contributed by atoms with Crippen molar-refractivity contribution in [2.75, 3.05) is 19.8 Å². The van der Waals surface area contributed by atoms with Crippen LogP contribution in [0, 0.1) is 0 Å². The predicted octanol–water partition coefficient (Wildman–Crippen LogP) is 2.34. The van der Waals surface area contributed by atoms with Crippen molar-refractivity contribution in [1.29, 1.82) is 0 Å². The topological polar surface area (TPSA) is 48.4 Å². The Hall–Kier alpha value is -2.20. The highest BCUT2D eigenvalue weighted by molar-refractivity contribution is 5.62. The summed E-state index contributed by atoms with van der Waals surface area (Å²) in [5.74, 6) is 0.780. The molecule has 98 valence electrons. The lowest BCUT2D eigenvalue weighted by molar-refractivity contribution is -0.112. The second kappa shape index (κ2) is 7.28. The molecule has 0 aliphatic carbocycles. The number of hydrogen-bond acceptors (Lipinski definition) is 4. The molecule has 0 N–H and O–H groups in total. The number of carbonyl (C=O) groups excluding carboxylic acids is 1. The summed E-state index contributed by atoms with van der Waals surface area (Å²) in [6.07, 6.45) is 4.30. The quantitative estimate of drug-likeness (QED) is 0.564. The maximum absolute atomic E-state index is 10.0. The predicted molar refractivity (Wildman–Crippen MR) is 72.1 cm³/mol. The summed E-state index contributed by atoms with van der Waals surface area (Å²) in [6.45, 7) is 0.951. The summed E-state index contributed by atoms with van der Waals surface area (Å²) >= 11 is 0. The molecule has 0 fully saturated rings. The molecule has 0 aliphatic rings. The largest absolute Gasteiger partial charge is 0.491 e. The van der Waals surface area contributed by atoms with Crippen molar-refractivity contribution < 1.29 is 14.3 Å². The van der Waals surface area contributed by atoms with Crippen LogP contribution < -0.4 is 4.74 Å². The fourth-order valence-electron chi connectivity index (χ4n) is 1.63. The molecule has 0 spiro atoms. The number of pyridine rings is 1. The van der Waals surface area contributed by atoms with Crippen molar-refractivity contribution in [3.05, 3.63) is 48.8 Å². The maximum Gasteiger partial charge on any atom is 0.145 e. The van der Waals surface area contributed by atoms with Gasteiger partial charge in [0.15, 0.2) is 0 Å². The highest BCUT2D eigenvalue weighted by atomic mass is 16.5. The van der Waals surface area contributed by atoms with Crippen molar-refractivity contribution in [3.8, 4) is 16.9 Å². The minimum absolute atomic E-state index is 0.114. The fourth-order valence-corrected chi connectivity index (χ4v) is 1.63. The standard InChI is InChI=1S/C15H15NO3/c17-8-9-18-10-11-19-15-5-3-13(4-6-15)14-2-1-7-16-12-14/h1-8,12H,9-11H2. The van der Waals surface area contributed by atoms with Crippen LogP contribution in [-0.4, -0.2) is 31.1 Å². The Kier molecular flexibility index (Phi) is 5.07. The molecule has 2 aromatic rings. The average Bonchev–Trinajstić information content (AvgIpc) is 2.49. The third-order valence-corrected chi connectivity index (χ3v) is 2.53. The molecule has 0 amide bonds. The minimum Gasteiger partial charge on any atom is -0.491 e. The molecule has 0 radical (unpaired) electrons. The lowest BCUT2D eigenvalue weighted by atomic mass is 10.1. The monoisotopic (exact) mass is 257 g/mol. The Morgan fingerprint density at radius 1 is 1.05 bits per heavy atom. The molecule has 2 rings (SSSR count). The lowest BCUT2D eigenvalue weighted by Crippen LogP contribution is -2.07. The molecule has 4 heteroatoms. The van der Waals surface area contributed by atoms with Crippen LogP contribution in [0.3, 0.4) is 0 Å². The van der Waals surface area contributed by atoms with Gasteiger partial charge in [-0.15, -0.1) is 0 Å². The Bertz CT molecular complexity index is 497. The van der Waals surface area contributed by atoms with Crippen LogP contribution in [0.5, 0.6) is 5.75 Å². The molecular weight excluding hydrogens is 242 g/mol. The zero-order chi connectivity index (χ0) is 13.3. The summed E-state index contributed by atoms with van der Waals surface area (Å²) in [7, 11) is 0. The van der Waals surface area contributed by atoms with E-state index in [4.69, 9.17) is 9.47 Å². The van der Waals surface area contributed by atoms with Gasteiger partial charge in [0.2, 0.25) is 0 Å². The molecule has 1 aromatic carbocycles. The van der Waals surface area contributed by atoms with E-state index in [1.54, 1.807) is 6.20 Å². The first kappa shape index (κ1) is 13.2. The van der Waals surface area contributed by atoms with E-state index in [-0.39, 0.29) is 6.61 Å². The van der Waals surface area contributed by atoms with Gasteiger partial charge >= 0.3 is 0 Å². The van der Waals surface area contributed by atoms with Crippen LogP contribution in [0.4, 0.5) is 0 Å². The van der Waals surface area contributed by atoms with E-state index >= 15 is 0 Å². The normalized spacial score (nSPS) is 10.1. The van der Waals surface area contributed by atoms with Crippen molar-refractivity contribution in [2.45, 2.75) is 0 Å². The first-order chi connectivity index (χ1) is 9.40. The number of aldehydes is 1. The highest BCUT2D eigenvalue weighted by Crippen LogP contribution is 2.21. The third-order valence-electron chi connectivity index (χ3n) is 2.53. The Balaban J connectivity index is 1.87. The Labute approximate surface area is 112 Å². The first-order valence-corrected chi connectivity index (χ1v) is 6.05. The number of benzene rings is 1. The van der Waals surface area contributed by atoms with Gasteiger partial charge in [0.05, 0.1) is 6.61 Å². The molecule has 1 heterocycles. The Morgan fingerprint density at radius 2 is 1.89 bits per heavy atom. The minimum atomic E-state index is 0.114. The number of rotatable bonds is 7. The van der Waals surface area contributed by atoms with Gasteiger partial charge in [-0.25, -0.2) is 0 Å². The van der Waals surface area contributed by atoms with E-state index in [0.29, 0.717) is 13.2 Å². The van der Waals surface area contributed by atoms with Crippen molar-refractivity contribution in [1.82, 2.24) is 4.98 Å². The van der Waals surface area contributed by atoms with Crippen LogP contribution in [0.2, 0.25) is 0 Å². The molecule has 0 atom stereocenters. The number of carbonyl (C=O) groups is 1. The van der Waals surface area contributed by atoms with E-state index in [0.717, 1.165) is 23.2 Å². The Morgan fingerprint density at radius 3 is 2.58 bits per heavy atom. The summed E-state index contributed by atoms with van der Waals surface area (Å²) < 4.78 is 10.5. The van der Waals surface area contributed by atoms with Gasteiger partial charge in [0, 0.05) is 12.4 Å². The fraction of sp³-hybridized carbons (Fsp3) is 0.200. The summed E-state index contributed by atoms with van der Waals surface area (Å²) in [4.78, 5) is 14.1. The van der Waals surface area contributed by atoms with Crippen LogP contribution in [0.25, 0.3) is 11.1 Å². The third kappa shape index (κ3) is 4.19. The smallest absolute Gasteiger partial charge is 0.145 e. The van der Waals surface area contributed by atoms with Gasteiger partial charge in [0.25, 0.3) is 0 Å². The molecular formula is C15H15NO3. The zero-order valence-corrected chi connectivity index (χ0v) is 10.5. The molecule has 0 bridgehead atoms. The molecule has 19 heavy (non-hydrogen) atoms. The van der Waals surface area contributed by atoms with Gasteiger partial charge < -0.3 is 14.3 Å². The molecule has 0 saturated heterocycles. The van der Waals surface area contributed by atoms with E-state index < -0.39 is 0 Å². The van der Waals surface area contributed by atoms with Gasteiger partial charge in [0.1, 0.15) is 25.2 Å². The molecule has 0 saturated carbocycles. The number of aromatic nitrogens is 1. The number of nitrogens with zero attached hydrogens (tertiary/aromatic N) is 1. The maximum atomic E-state index is 10.0. The summed E-state index contributed by atoms with van der Waals surface area (Å²) in [6, 6.07) is 11.7.